The normalized spacial score (nSPS) is 11.5. The lowest BCUT2D eigenvalue weighted by Crippen LogP contribution is -2.21. The second-order valence-corrected chi connectivity index (χ2v) is 6.61. The van der Waals surface area contributed by atoms with Crippen molar-refractivity contribution < 1.29 is 4.79 Å². The fourth-order valence-electron chi connectivity index (χ4n) is 3.07. The summed E-state index contributed by atoms with van der Waals surface area (Å²) in [7, 11) is 0. The maximum atomic E-state index is 12.3. The minimum atomic E-state index is -0.135. The Labute approximate surface area is 163 Å². The molecule has 138 valence electrons. The van der Waals surface area contributed by atoms with E-state index in [2.05, 4.69) is 21.6 Å². The maximum absolute atomic E-state index is 12.3. The van der Waals surface area contributed by atoms with Crippen LogP contribution < -0.4 is 5.43 Å². The standard InChI is InChI=1S/C23H20N4O/c1-17(19-8-10-22(11-9-19)27-13-12-24-16-27)25-26-23(28)15-18-6-7-20-4-2-3-5-21(20)14-18/h2-14,16H,15H2,1H3,(H,26,28)/b25-17+. The summed E-state index contributed by atoms with van der Waals surface area (Å²) in [6.07, 6.45) is 5.68. The minimum Gasteiger partial charge on any atom is -0.306 e. The van der Waals surface area contributed by atoms with E-state index in [1.54, 1.807) is 12.5 Å². The van der Waals surface area contributed by atoms with Gasteiger partial charge in [0.25, 0.3) is 0 Å². The van der Waals surface area contributed by atoms with Gasteiger partial charge in [0, 0.05) is 18.1 Å². The molecule has 1 N–H and O–H groups in total. The number of nitrogens with one attached hydrogen (secondary N) is 1. The van der Waals surface area contributed by atoms with Crippen LogP contribution in [0.4, 0.5) is 0 Å². The molecule has 1 amide bonds. The van der Waals surface area contributed by atoms with Crippen molar-refractivity contribution in [3.05, 3.63) is 96.6 Å². The molecule has 0 radical (unpaired) electrons. The molecule has 4 aromatic rings. The quantitative estimate of drug-likeness (QED) is 0.426. The molecule has 0 fully saturated rings. The van der Waals surface area contributed by atoms with Gasteiger partial charge in [-0.3, -0.25) is 4.79 Å². The highest BCUT2D eigenvalue weighted by molar-refractivity contribution is 5.99. The third-order valence-corrected chi connectivity index (χ3v) is 4.61. The summed E-state index contributed by atoms with van der Waals surface area (Å²) in [4.78, 5) is 16.3. The highest BCUT2D eigenvalue weighted by Gasteiger charge is 2.05. The van der Waals surface area contributed by atoms with E-state index in [0.717, 1.165) is 27.9 Å². The largest absolute Gasteiger partial charge is 0.306 e. The summed E-state index contributed by atoms with van der Waals surface area (Å²) in [5.74, 6) is -0.135. The van der Waals surface area contributed by atoms with Gasteiger partial charge >= 0.3 is 0 Å². The first-order valence-corrected chi connectivity index (χ1v) is 9.08. The molecule has 0 aliphatic heterocycles. The zero-order valence-corrected chi connectivity index (χ0v) is 15.5. The van der Waals surface area contributed by atoms with Crippen LogP contribution in [0.1, 0.15) is 18.1 Å². The van der Waals surface area contributed by atoms with Crippen molar-refractivity contribution in [3.8, 4) is 5.69 Å². The van der Waals surface area contributed by atoms with E-state index in [1.807, 2.05) is 78.4 Å². The van der Waals surface area contributed by atoms with Gasteiger partial charge in [0.15, 0.2) is 0 Å². The smallest absolute Gasteiger partial charge is 0.244 e. The fourth-order valence-corrected chi connectivity index (χ4v) is 3.07. The molecular formula is C23H20N4O. The van der Waals surface area contributed by atoms with Gasteiger partial charge in [0.2, 0.25) is 5.91 Å². The van der Waals surface area contributed by atoms with E-state index in [0.29, 0.717) is 6.42 Å². The Bertz CT molecular complexity index is 1130. The summed E-state index contributed by atoms with van der Waals surface area (Å²) in [6, 6.07) is 22.1. The lowest BCUT2D eigenvalue weighted by molar-refractivity contribution is -0.120. The molecule has 0 atom stereocenters. The highest BCUT2D eigenvalue weighted by atomic mass is 16.2. The number of aromatic nitrogens is 2. The zero-order valence-electron chi connectivity index (χ0n) is 15.5. The van der Waals surface area contributed by atoms with Crippen molar-refractivity contribution in [2.45, 2.75) is 13.3 Å². The second kappa shape index (κ2) is 7.88. The number of imidazole rings is 1. The van der Waals surface area contributed by atoms with Gasteiger partial charge in [-0.05, 0) is 41.0 Å². The number of nitrogens with zero attached hydrogens (tertiary/aromatic N) is 3. The van der Waals surface area contributed by atoms with Crippen LogP contribution in [-0.4, -0.2) is 21.2 Å². The average Bonchev–Trinajstić information content (AvgIpc) is 3.27. The molecule has 1 aromatic heterocycles. The molecule has 5 nitrogen and oxygen atoms in total. The number of rotatable bonds is 5. The third kappa shape index (κ3) is 3.99. The number of fused-ring (bicyclic) bond motifs is 1. The third-order valence-electron chi connectivity index (χ3n) is 4.61. The molecule has 0 saturated carbocycles. The van der Waals surface area contributed by atoms with Crippen molar-refractivity contribution in [3.63, 3.8) is 0 Å². The number of hydrazone groups is 1. The van der Waals surface area contributed by atoms with E-state index in [-0.39, 0.29) is 5.91 Å². The molecule has 0 saturated heterocycles. The summed E-state index contributed by atoms with van der Waals surface area (Å²) in [5, 5.41) is 6.54. The fraction of sp³-hybridized carbons (Fsp3) is 0.0870. The van der Waals surface area contributed by atoms with Gasteiger partial charge in [0.1, 0.15) is 0 Å². The highest BCUT2D eigenvalue weighted by Crippen LogP contribution is 2.16. The van der Waals surface area contributed by atoms with Gasteiger partial charge in [-0.25, -0.2) is 10.4 Å². The van der Waals surface area contributed by atoms with E-state index in [4.69, 9.17) is 0 Å². The van der Waals surface area contributed by atoms with E-state index in [1.165, 1.54) is 5.39 Å². The monoisotopic (exact) mass is 368 g/mol. The Morgan fingerprint density at radius 1 is 1.04 bits per heavy atom. The first-order valence-electron chi connectivity index (χ1n) is 9.08. The lowest BCUT2D eigenvalue weighted by Gasteiger charge is -2.06. The summed E-state index contributed by atoms with van der Waals surface area (Å²) < 4.78 is 1.93. The Morgan fingerprint density at radius 2 is 1.82 bits per heavy atom. The van der Waals surface area contributed by atoms with Gasteiger partial charge in [-0.2, -0.15) is 5.10 Å². The molecule has 28 heavy (non-hydrogen) atoms. The van der Waals surface area contributed by atoms with Gasteiger partial charge in [-0.15, -0.1) is 0 Å². The second-order valence-electron chi connectivity index (χ2n) is 6.61. The van der Waals surface area contributed by atoms with Crippen molar-refractivity contribution in [2.24, 2.45) is 5.10 Å². The Kier molecular flexibility index (Phi) is 4.97. The van der Waals surface area contributed by atoms with Crippen LogP contribution in [0.25, 0.3) is 16.5 Å². The average molecular weight is 368 g/mol. The van der Waals surface area contributed by atoms with Crippen molar-refractivity contribution >= 4 is 22.4 Å². The molecule has 0 unspecified atom stereocenters. The van der Waals surface area contributed by atoms with Crippen LogP contribution in [0, 0.1) is 0 Å². The molecule has 0 aliphatic carbocycles. The topological polar surface area (TPSA) is 59.3 Å². The van der Waals surface area contributed by atoms with Crippen molar-refractivity contribution in [2.75, 3.05) is 0 Å². The molecule has 3 aromatic carbocycles. The van der Waals surface area contributed by atoms with Gasteiger partial charge in [0.05, 0.1) is 18.5 Å². The molecule has 0 spiro atoms. The van der Waals surface area contributed by atoms with Crippen molar-refractivity contribution in [1.82, 2.24) is 15.0 Å². The summed E-state index contributed by atoms with van der Waals surface area (Å²) in [6.45, 7) is 1.88. The first-order chi connectivity index (χ1) is 13.7. The number of benzene rings is 3. The van der Waals surface area contributed by atoms with Crippen LogP contribution in [0.3, 0.4) is 0 Å². The van der Waals surface area contributed by atoms with E-state index >= 15 is 0 Å². The van der Waals surface area contributed by atoms with E-state index < -0.39 is 0 Å². The van der Waals surface area contributed by atoms with Crippen LogP contribution in [-0.2, 0) is 11.2 Å². The number of carbonyl (C=O) groups excluding carboxylic acids is 1. The molecular weight excluding hydrogens is 348 g/mol. The maximum Gasteiger partial charge on any atom is 0.244 e. The summed E-state index contributed by atoms with van der Waals surface area (Å²) >= 11 is 0. The zero-order chi connectivity index (χ0) is 19.3. The predicted molar refractivity (Wildman–Crippen MR) is 112 cm³/mol. The molecule has 0 aliphatic rings. The Morgan fingerprint density at radius 3 is 2.57 bits per heavy atom. The van der Waals surface area contributed by atoms with Crippen LogP contribution >= 0.6 is 0 Å². The van der Waals surface area contributed by atoms with Crippen LogP contribution in [0.2, 0.25) is 0 Å². The first kappa shape index (κ1) is 17.7. The summed E-state index contributed by atoms with van der Waals surface area (Å²) in [5.41, 5.74) is 6.35. The van der Waals surface area contributed by atoms with Gasteiger partial charge in [-0.1, -0.05) is 54.6 Å². The predicted octanol–water partition coefficient (Wildman–Crippen LogP) is 4.11. The molecule has 0 bridgehead atoms. The Hall–Kier alpha value is -3.73. The number of amides is 1. The molecule has 5 heteroatoms. The minimum absolute atomic E-state index is 0.135. The lowest BCUT2D eigenvalue weighted by atomic mass is 10.1. The van der Waals surface area contributed by atoms with E-state index in [9.17, 15) is 4.79 Å². The van der Waals surface area contributed by atoms with Crippen molar-refractivity contribution in [1.29, 1.82) is 0 Å². The number of hydrogen-bond acceptors (Lipinski definition) is 3. The van der Waals surface area contributed by atoms with Crippen LogP contribution in [0.15, 0.2) is 90.6 Å². The Balaban J connectivity index is 1.40. The molecule has 1 heterocycles. The van der Waals surface area contributed by atoms with Crippen LogP contribution in [0.5, 0.6) is 0 Å². The number of carbonyl (C=O) groups is 1. The molecule has 4 rings (SSSR count). The number of hydrogen-bond donors (Lipinski definition) is 1. The van der Waals surface area contributed by atoms with Gasteiger partial charge < -0.3 is 4.57 Å². The SMILES string of the molecule is C/C(=N\NC(=O)Cc1ccc2ccccc2c1)c1ccc(-n2ccnc2)cc1.